The maximum atomic E-state index is 11.7. The summed E-state index contributed by atoms with van der Waals surface area (Å²) in [4.78, 5) is 0. The van der Waals surface area contributed by atoms with Crippen molar-refractivity contribution in [3.8, 4) is 0 Å². The standard InChI is InChI=1S/C7H11F3O/c1-2-3-6(5-11)4-7(8,9)10/h2,6,11H,1,3-5H2. The van der Waals surface area contributed by atoms with Gasteiger partial charge in [-0.2, -0.15) is 13.2 Å². The average Bonchev–Trinajstić information content (AvgIpc) is 1.84. The van der Waals surface area contributed by atoms with Crippen molar-refractivity contribution in [3.63, 3.8) is 0 Å². The number of alkyl halides is 3. The third-order valence-electron chi connectivity index (χ3n) is 1.28. The second-order valence-corrected chi connectivity index (χ2v) is 2.39. The molecule has 0 aromatic rings. The molecule has 0 amide bonds. The third kappa shape index (κ3) is 5.91. The molecule has 0 fully saturated rings. The molecule has 0 saturated carbocycles. The molecule has 0 aromatic carbocycles. The average molecular weight is 168 g/mol. The Morgan fingerprint density at radius 2 is 2.00 bits per heavy atom. The van der Waals surface area contributed by atoms with E-state index in [0.717, 1.165) is 0 Å². The van der Waals surface area contributed by atoms with Gasteiger partial charge in [0, 0.05) is 13.0 Å². The Balaban J connectivity index is 3.77. The van der Waals surface area contributed by atoms with Gasteiger partial charge >= 0.3 is 6.18 Å². The molecule has 0 rings (SSSR count). The van der Waals surface area contributed by atoms with Gasteiger partial charge in [0.2, 0.25) is 0 Å². The summed E-state index contributed by atoms with van der Waals surface area (Å²) >= 11 is 0. The van der Waals surface area contributed by atoms with Crippen molar-refractivity contribution in [2.75, 3.05) is 6.61 Å². The number of aliphatic hydroxyl groups is 1. The summed E-state index contributed by atoms with van der Waals surface area (Å²) in [5.74, 6) is -0.729. The number of hydrogen-bond donors (Lipinski definition) is 1. The molecule has 1 atom stereocenters. The SMILES string of the molecule is C=CCC(CO)CC(F)(F)F. The molecule has 1 unspecified atom stereocenters. The molecule has 1 N–H and O–H groups in total. The zero-order valence-corrected chi connectivity index (χ0v) is 6.06. The highest BCUT2D eigenvalue weighted by atomic mass is 19.4. The van der Waals surface area contributed by atoms with Gasteiger partial charge in [-0.3, -0.25) is 0 Å². The van der Waals surface area contributed by atoms with Crippen molar-refractivity contribution in [2.45, 2.75) is 19.0 Å². The molecule has 0 aliphatic heterocycles. The van der Waals surface area contributed by atoms with Gasteiger partial charge in [0.25, 0.3) is 0 Å². The maximum absolute atomic E-state index is 11.7. The molecule has 1 nitrogen and oxygen atoms in total. The predicted octanol–water partition coefficient (Wildman–Crippen LogP) is 2.12. The number of allylic oxidation sites excluding steroid dienone is 1. The molecule has 0 radical (unpaired) electrons. The Morgan fingerprint density at radius 3 is 2.27 bits per heavy atom. The predicted molar refractivity (Wildman–Crippen MR) is 36.1 cm³/mol. The summed E-state index contributed by atoms with van der Waals surface area (Å²) < 4.78 is 35.0. The minimum Gasteiger partial charge on any atom is -0.396 e. The van der Waals surface area contributed by atoms with Crippen LogP contribution in [0.2, 0.25) is 0 Å². The van der Waals surface area contributed by atoms with E-state index in [9.17, 15) is 13.2 Å². The van der Waals surface area contributed by atoms with E-state index in [0.29, 0.717) is 0 Å². The number of halogens is 3. The van der Waals surface area contributed by atoms with Crippen molar-refractivity contribution in [3.05, 3.63) is 12.7 Å². The van der Waals surface area contributed by atoms with Gasteiger partial charge < -0.3 is 5.11 Å². The molecule has 4 heteroatoms. The van der Waals surface area contributed by atoms with Crippen LogP contribution in [-0.2, 0) is 0 Å². The Kier molecular flexibility index (Phi) is 4.18. The molecule has 0 aliphatic rings. The van der Waals surface area contributed by atoms with Crippen LogP contribution in [0, 0.1) is 5.92 Å². The zero-order chi connectivity index (χ0) is 8.91. The highest BCUT2D eigenvalue weighted by Gasteiger charge is 2.30. The van der Waals surface area contributed by atoms with Crippen LogP contribution in [0.3, 0.4) is 0 Å². The molecule has 66 valence electrons. The van der Waals surface area contributed by atoms with Crippen molar-refractivity contribution in [1.29, 1.82) is 0 Å². The van der Waals surface area contributed by atoms with E-state index in [2.05, 4.69) is 6.58 Å². The van der Waals surface area contributed by atoms with E-state index in [-0.39, 0.29) is 6.42 Å². The van der Waals surface area contributed by atoms with Gasteiger partial charge in [0.05, 0.1) is 0 Å². The second-order valence-electron chi connectivity index (χ2n) is 2.39. The van der Waals surface area contributed by atoms with Crippen LogP contribution in [0.15, 0.2) is 12.7 Å². The van der Waals surface area contributed by atoms with E-state index >= 15 is 0 Å². The first-order valence-corrected chi connectivity index (χ1v) is 3.28. The number of hydrogen-bond acceptors (Lipinski definition) is 1. The lowest BCUT2D eigenvalue weighted by atomic mass is 10.0. The van der Waals surface area contributed by atoms with Gasteiger partial charge in [-0.1, -0.05) is 6.08 Å². The van der Waals surface area contributed by atoms with Gasteiger partial charge in [0.1, 0.15) is 0 Å². The van der Waals surface area contributed by atoms with Crippen LogP contribution < -0.4 is 0 Å². The first-order valence-electron chi connectivity index (χ1n) is 3.28. The van der Waals surface area contributed by atoms with Gasteiger partial charge in [0.15, 0.2) is 0 Å². The zero-order valence-electron chi connectivity index (χ0n) is 6.06. The maximum Gasteiger partial charge on any atom is 0.389 e. The van der Waals surface area contributed by atoms with Crippen molar-refractivity contribution >= 4 is 0 Å². The first kappa shape index (κ1) is 10.5. The molecule has 0 aliphatic carbocycles. The van der Waals surface area contributed by atoms with Crippen molar-refractivity contribution < 1.29 is 18.3 Å². The summed E-state index contributed by atoms with van der Waals surface area (Å²) in [7, 11) is 0. The molecule has 11 heavy (non-hydrogen) atoms. The fourth-order valence-electron chi connectivity index (χ4n) is 0.785. The minimum atomic E-state index is -4.18. The summed E-state index contributed by atoms with van der Waals surface area (Å²) in [5, 5.41) is 8.47. The lowest BCUT2D eigenvalue weighted by Gasteiger charge is -2.13. The topological polar surface area (TPSA) is 20.2 Å². The third-order valence-corrected chi connectivity index (χ3v) is 1.28. The van der Waals surface area contributed by atoms with Crippen LogP contribution in [-0.4, -0.2) is 17.9 Å². The molecule has 0 heterocycles. The highest BCUT2D eigenvalue weighted by Crippen LogP contribution is 2.26. The van der Waals surface area contributed by atoms with Crippen LogP contribution in [0.5, 0.6) is 0 Å². The van der Waals surface area contributed by atoms with E-state index in [1.807, 2.05) is 0 Å². The summed E-state index contributed by atoms with van der Waals surface area (Å²) in [6.45, 7) is 2.86. The molecule has 0 saturated heterocycles. The lowest BCUT2D eigenvalue weighted by Crippen LogP contribution is -2.17. The Hall–Kier alpha value is -0.510. The lowest BCUT2D eigenvalue weighted by molar-refractivity contribution is -0.147. The van der Waals surface area contributed by atoms with Crippen molar-refractivity contribution in [2.24, 2.45) is 5.92 Å². The van der Waals surface area contributed by atoms with E-state index < -0.39 is 25.1 Å². The molecular weight excluding hydrogens is 157 g/mol. The Morgan fingerprint density at radius 1 is 1.45 bits per heavy atom. The smallest absolute Gasteiger partial charge is 0.389 e. The monoisotopic (exact) mass is 168 g/mol. The van der Waals surface area contributed by atoms with Crippen molar-refractivity contribution in [1.82, 2.24) is 0 Å². The summed E-state index contributed by atoms with van der Waals surface area (Å²) in [5.41, 5.74) is 0. The van der Waals surface area contributed by atoms with Crippen LogP contribution in [0.4, 0.5) is 13.2 Å². The minimum absolute atomic E-state index is 0.204. The number of rotatable bonds is 4. The normalized spacial score (nSPS) is 14.5. The van der Waals surface area contributed by atoms with Crippen LogP contribution in [0.25, 0.3) is 0 Å². The quantitative estimate of drug-likeness (QED) is 0.637. The fourth-order valence-corrected chi connectivity index (χ4v) is 0.785. The highest BCUT2D eigenvalue weighted by molar-refractivity contribution is 4.74. The molecule has 0 aromatic heterocycles. The van der Waals surface area contributed by atoms with Gasteiger partial charge in [-0.15, -0.1) is 6.58 Å². The Labute approximate surface area is 63.5 Å². The molecule has 0 bridgehead atoms. The number of aliphatic hydroxyl groups excluding tert-OH is 1. The second kappa shape index (κ2) is 4.38. The molecular formula is C7H11F3O. The molecule has 0 spiro atoms. The Bertz CT molecular complexity index is 119. The van der Waals surface area contributed by atoms with E-state index in [1.165, 1.54) is 6.08 Å². The van der Waals surface area contributed by atoms with Crippen LogP contribution in [0.1, 0.15) is 12.8 Å². The summed E-state index contributed by atoms with van der Waals surface area (Å²) in [6, 6.07) is 0. The summed E-state index contributed by atoms with van der Waals surface area (Å²) in [6.07, 6.45) is -3.53. The fraction of sp³-hybridized carbons (Fsp3) is 0.714. The van der Waals surface area contributed by atoms with Crippen LogP contribution >= 0.6 is 0 Å². The van der Waals surface area contributed by atoms with Gasteiger partial charge in [-0.25, -0.2) is 0 Å². The van der Waals surface area contributed by atoms with E-state index in [4.69, 9.17) is 5.11 Å². The first-order chi connectivity index (χ1) is 4.99. The largest absolute Gasteiger partial charge is 0.396 e. The van der Waals surface area contributed by atoms with Gasteiger partial charge in [-0.05, 0) is 12.3 Å². The van der Waals surface area contributed by atoms with E-state index in [1.54, 1.807) is 0 Å².